The van der Waals surface area contributed by atoms with Gasteiger partial charge in [0.05, 0.1) is 12.5 Å². The Morgan fingerprint density at radius 3 is 2.60 bits per heavy atom. The first-order chi connectivity index (χ1) is 14.5. The van der Waals surface area contributed by atoms with Crippen LogP contribution in [0.1, 0.15) is 43.4 Å². The monoisotopic (exact) mass is 409 g/mol. The fraction of sp³-hybridized carbons (Fsp3) is 0.348. The van der Waals surface area contributed by atoms with Crippen LogP contribution in [-0.4, -0.2) is 30.6 Å². The zero-order chi connectivity index (χ0) is 21.3. The largest absolute Gasteiger partial charge is 0.452 e. The highest BCUT2D eigenvalue weighted by Gasteiger charge is 2.25. The number of carbonyl (C=O) groups is 3. The number of hydrogen-bond acceptors (Lipinski definition) is 4. The zero-order valence-electron chi connectivity index (χ0n) is 17.0. The number of esters is 1. The summed E-state index contributed by atoms with van der Waals surface area (Å²) in [4.78, 5) is 36.3. The highest BCUT2D eigenvalue weighted by Crippen LogP contribution is 2.29. The van der Waals surface area contributed by atoms with Crippen molar-refractivity contribution in [2.75, 3.05) is 11.9 Å². The number of carbonyl (C=O) groups excluding carboxylic acids is 3. The Morgan fingerprint density at radius 2 is 1.80 bits per heavy atom. The number of aryl methyl sites for hydroxylation is 1. The Bertz CT molecular complexity index is 885. The molecule has 2 aromatic rings. The van der Waals surface area contributed by atoms with Gasteiger partial charge >= 0.3 is 12.0 Å². The first-order valence-electron chi connectivity index (χ1n) is 10.2. The molecule has 0 aliphatic heterocycles. The fourth-order valence-corrected chi connectivity index (χ4v) is 3.48. The van der Waals surface area contributed by atoms with Gasteiger partial charge in [0.25, 0.3) is 5.91 Å². The number of para-hydroxylation sites is 1. The van der Waals surface area contributed by atoms with Gasteiger partial charge in [-0.3, -0.25) is 9.59 Å². The number of benzene rings is 2. The lowest BCUT2D eigenvalue weighted by atomic mass is 9.87. The molecule has 7 heteroatoms. The number of urea groups is 1. The van der Waals surface area contributed by atoms with Gasteiger partial charge < -0.3 is 20.7 Å². The Balaban J connectivity index is 1.39. The maximum atomic E-state index is 12.5. The average molecular weight is 409 g/mol. The van der Waals surface area contributed by atoms with Crippen LogP contribution in [0.15, 0.2) is 54.6 Å². The molecule has 158 valence electrons. The number of amides is 3. The van der Waals surface area contributed by atoms with Gasteiger partial charge in [-0.25, -0.2) is 4.79 Å². The molecule has 0 bridgehead atoms. The molecular formula is C23H27N3O4. The minimum atomic E-state index is -0.898. The van der Waals surface area contributed by atoms with E-state index in [1.54, 1.807) is 19.1 Å². The number of fused-ring (bicyclic) bond motifs is 1. The molecule has 0 saturated heterocycles. The van der Waals surface area contributed by atoms with E-state index in [0.717, 1.165) is 24.8 Å². The van der Waals surface area contributed by atoms with Gasteiger partial charge in [-0.2, -0.15) is 0 Å². The topological polar surface area (TPSA) is 96.5 Å². The summed E-state index contributed by atoms with van der Waals surface area (Å²) in [5.74, 6) is -0.860. The van der Waals surface area contributed by atoms with E-state index in [1.165, 1.54) is 5.56 Å². The van der Waals surface area contributed by atoms with Crippen LogP contribution >= 0.6 is 0 Å². The molecule has 0 radical (unpaired) electrons. The smallest absolute Gasteiger partial charge is 0.319 e. The molecule has 2 atom stereocenters. The van der Waals surface area contributed by atoms with Crippen molar-refractivity contribution in [1.82, 2.24) is 10.6 Å². The van der Waals surface area contributed by atoms with Crippen LogP contribution in [0.2, 0.25) is 0 Å². The molecule has 0 aromatic heterocycles. The SMILES string of the molecule is C[C@H](OC(=O)CCNC(=O)Nc1ccccc1)C(=O)N[C@@H]1CCCc2ccccc21. The summed E-state index contributed by atoms with van der Waals surface area (Å²) in [6.45, 7) is 1.67. The minimum absolute atomic E-state index is 0.0217. The van der Waals surface area contributed by atoms with E-state index in [9.17, 15) is 14.4 Å². The van der Waals surface area contributed by atoms with E-state index in [2.05, 4.69) is 22.0 Å². The Labute approximate surface area is 176 Å². The quantitative estimate of drug-likeness (QED) is 0.611. The first kappa shape index (κ1) is 21.4. The van der Waals surface area contributed by atoms with Crippen molar-refractivity contribution in [3.8, 4) is 0 Å². The number of anilines is 1. The number of rotatable bonds is 7. The van der Waals surface area contributed by atoms with E-state index in [-0.39, 0.29) is 24.9 Å². The van der Waals surface area contributed by atoms with Gasteiger partial charge in [-0.1, -0.05) is 42.5 Å². The van der Waals surface area contributed by atoms with E-state index >= 15 is 0 Å². The van der Waals surface area contributed by atoms with Gasteiger partial charge in [0.2, 0.25) is 0 Å². The highest BCUT2D eigenvalue weighted by molar-refractivity contribution is 5.89. The molecule has 3 amide bonds. The normalized spacial score (nSPS) is 16.0. The van der Waals surface area contributed by atoms with Crippen LogP contribution in [0.3, 0.4) is 0 Å². The molecule has 30 heavy (non-hydrogen) atoms. The van der Waals surface area contributed by atoms with Crippen LogP contribution in [-0.2, 0) is 20.7 Å². The molecule has 0 spiro atoms. The molecule has 0 heterocycles. The van der Waals surface area contributed by atoms with Crippen molar-refractivity contribution in [2.45, 2.75) is 44.8 Å². The molecule has 0 saturated carbocycles. The third-order valence-electron chi connectivity index (χ3n) is 5.01. The Kier molecular flexibility index (Phi) is 7.43. The second-order valence-corrected chi connectivity index (χ2v) is 7.28. The lowest BCUT2D eigenvalue weighted by Gasteiger charge is -2.27. The van der Waals surface area contributed by atoms with Crippen molar-refractivity contribution in [3.63, 3.8) is 0 Å². The predicted molar refractivity (Wildman–Crippen MR) is 114 cm³/mol. The molecule has 7 nitrogen and oxygen atoms in total. The van der Waals surface area contributed by atoms with Crippen LogP contribution < -0.4 is 16.0 Å². The summed E-state index contributed by atoms with van der Waals surface area (Å²) in [7, 11) is 0. The summed E-state index contributed by atoms with van der Waals surface area (Å²) >= 11 is 0. The molecule has 2 aromatic carbocycles. The third kappa shape index (κ3) is 6.07. The summed E-state index contributed by atoms with van der Waals surface area (Å²) in [5.41, 5.74) is 3.04. The predicted octanol–water partition coefficient (Wildman–Crippen LogP) is 3.32. The molecule has 3 rings (SSSR count). The Morgan fingerprint density at radius 1 is 1.07 bits per heavy atom. The highest BCUT2D eigenvalue weighted by atomic mass is 16.5. The van der Waals surface area contributed by atoms with Crippen molar-refractivity contribution in [3.05, 3.63) is 65.7 Å². The number of hydrogen-bond donors (Lipinski definition) is 3. The zero-order valence-corrected chi connectivity index (χ0v) is 17.0. The van der Waals surface area contributed by atoms with Crippen molar-refractivity contribution in [2.24, 2.45) is 0 Å². The molecule has 3 N–H and O–H groups in total. The molecule has 1 aliphatic carbocycles. The summed E-state index contributed by atoms with van der Waals surface area (Å²) < 4.78 is 5.22. The number of nitrogens with one attached hydrogen (secondary N) is 3. The van der Waals surface area contributed by atoms with Crippen LogP contribution in [0, 0.1) is 0 Å². The van der Waals surface area contributed by atoms with Crippen molar-refractivity contribution in [1.29, 1.82) is 0 Å². The van der Waals surface area contributed by atoms with Gasteiger partial charge in [-0.15, -0.1) is 0 Å². The Hall–Kier alpha value is -3.35. The molecular weight excluding hydrogens is 382 g/mol. The standard InChI is InChI=1S/C23H27N3O4/c1-16(22(28)26-20-13-7-9-17-8-5-6-12-19(17)20)30-21(27)14-15-24-23(29)25-18-10-3-2-4-11-18/h2-6,8,10-12,16,20H,7,9,13-15H2,1H3,(H,26,28)(H2,24,25,29)/t16-,20+/m0/s1. The summed E-state index contributed by atoms with van der Waals surface area (Å²) in [6.07, 6.45) is 1.96. The maximum absolute atomic E-state index is 12.5. The molecule has 0 unspecified atom stereocenters. The van der Waals surface area contributed by atoms with E-state index in [1.807, 2.05) is 36.4 Å². The van der Waals surface area contributed by atoms with E-state index in [0.29, 0.717) is 5.69 Å². The second-order valence-electron chi connectivity index (χ2n) is 7.28. The third-order valence-corrected chi connectivity index (χ3v) is 5.01. The molecule has 1 aliphatic rings. The van der Waals surface area contributed by atoms with Gasteiger partial charge in [0.15, 0.2) is 6.10 Å². The van der Waals surface area contributed by atoms with Gasteiger partial charge in [0, 0.05) is 12.2 Å². The van der Waals surface area contributed by atoms with E-state index < -0.39 is 18.1 Å². The maximum Gasteiger partial charge on any atom is 0.319 e. The summed E-state index contributed by atoms with van der Waals surface area (Å²) in [6, 6.07) is 16.6. The van der Waals surface area contributed by atoms with Gasteiger partial charge in [0.1, 0.15) is 0 Å². The number of ether oxygens (including phenoxy) is 1. The second kappa shape index (κ2) is 10.4. The first-order valence-corrected chi connectivity index (χ1v) is 10.2. The lowest BCUT2D eigenvalue weighted by molar-refractivity contribution is -0.155. The average Bonchev–Trinajstić information content (AvgIpc) is 2.74. The molecule has 0 fully saturated rings. The fourth-order valence-electron chi connectivity index (χ4n) is 3.48. The lowest BCUT2D eigenvalue weighted by Crippen LogP contribution is -2.39. The van der Waals surface area contributed by atoms with Crippen LogP contribution in [0.5, 0.6) is 0 Å². The van der Waals surface area contributed by atoms with Crippen molar-refractivity contribution < 1.29 is 19.1 Å². The van der Waals surface area contributed by atoms with Crippen LogP contribution in [0.25, 0.3) is 0 Å². The van der Waals surface area contributed by atoms with Gasteiger partial charge in [-0.05, 0) is 49.4 Å². The van der Waals surface area contributed by atoms with Crippen molar-refractivity contribution >= 4 is 23.6 Å². The minimum Gasteiger partial charge on any atom is -0.452 e. The van der Waals surface area contributed by atoms with Crippen LogP contribution in [0.4, 0.5) is 10.5 Å². The summed E-state index contributed by atoms with van der Waals surface area (Å²) in [5, 5.41) is 8.24. The van der Waals surface area contributed by atoms with E-state index in [4.69, 9.17) is 4.74 Å².